The van der Waals surface area contributed by atoms with Crippen LogP contribution in [-0.4, -0.2) is 41.1 Å². The molecule has 0 radical (unpaired) electrons. The third kappa shape index (κ3) is 7.27. The molecule has 0 aliphatic rings. The van der Waals surface area contributed by atoms with E-state index < -0.39 is 14.3 Å². The van der Waals surface area contributed by atoms with E-state index in [4.69, 9.17) is 14.1 Å². The van der Waals surface area contributed by atoms with Crippen molar-refractivity contribution in [2.45, 2.75) is 65.1 Å². The van der Waals surface area contributed by atoms with Crippen LogP contribution in [0.15, 0.2) is 42.7 Å². The highest BCUT2D eigenvalue weighted by atomic mass is 28.4. The number of methoxy groups -OCH3 is 1. The summed E-state index contributed by atoms with van der Waals surface area (Å²) in [5.74, 6) is 0.0522. The predicted molar refractivity (Wildman–Crippen MR) is 134 cm³/mol. The Morgan fingerprint density at radius 3 is 2.46 bits per heavy atom. The van der Waals surface area contributed by atoms with Gasteiger partial charge in [0.05, 0.1) is 43.8 Å². The van der Waals surface area contributed by atoms with Gasteiger partial charge in [-0.3, -0.25) is 4.98 Å². The average molecular weight is 500 g/mol. The molecule has 0 fully saturated rings. The molecular weight excluding hydrogens is 465 g/mol. The molecule has 3 rings (SSSR count). The number of ether oxygens (including phenoxy) is 1. The van der Waals surface area contributed by atoms with Gasteiger partial charge in [0, 0.05) is 6.54 Å². The highest BCUT2D eigenvalue weighted by Gasteiger charge is 2.37. The standard InChI is InChI=1S/C25H34FN5O3Si/c1-25(2,3)35(5,6)34-16-22-12-19(24(32)33-4)11-21(29-22)13-27-14-23-30-28-17-31(23)15-18-7-9-20(26)10-8-18/h7-12,17,27H,13-16H2,1-6H3. The summed E-state index contributed by atoms with van der Waals surface area (Å²) in [5, 5.41) is 11.6. The third-order valence-electron chi connectivity index (χ3n) is 6.29. The van der Waals surface area contributed by atoms with E-state index in [0.717, 1.165) is 11.4 Å². The van der Waals surface area contributed by atoms with Gasteiger partial charge in [-0.1, -0.05) is 32.9 Å². The summed E-state index contributed by atoms with van der Waals surface area (Å²) < 4.78 is 26.3. The highest BCUT2D eigenvalue weighted by molar-refractivity contribution is 6.74. The molecule has 0 saturated heterocycles. The smallest absolute Gasteiger partial charge is 0.337 e. The van der Waals surface area contributed by atoms with Crippen molar-refractivity contribution in [2.75, 3.05) is 7.11 Å². The first-order valence-electron chi connectivity index (χ1n) is 11.5. The topological polar surface area (TPSA) is 91.2 Å². The zero-order valence-electron chi connectivity index (χ0n) is 21.3. The molecule has 0 amide bonds. The molecule has 188 valence electrons. The molecule has 1 N–H and O–H groups in total. The summed E-state index contributed by atoms with van der Waals surface area (Å²) in [5.41, 5.74) is 2.78. The van der Waals surface area contributed by atoms with Crippen LogP contribution in [-0.2, 0) is 35.4 Å². The second-order valence-electron chi connectivity index (χ2n) is 9.98. The lowest BCUT2D eigenvalue weighted by Gasteiger charge is -2.36. The normalized spacial score (nSPS) is 12.1. The van der Waals surface area contributed by atoms with Crippen molar-refractivity contribution in [3.05, 3.63) is 76.9 Å². The maximum absolute atomic E-state index is 13.2. The van der Waals surface area contributed by atoms with E-state index in [0.29, 0.717) is 43.2 Å². The number of nitrogens with zero attached hydrogens (tertiary/aromatic N) is 4. The number of benzene rings is 1. The van der Waals surface area contributed by atoms with Crippen LogP contribution in [0.3, 0.4) is 0 Å². The monoisotopic (exact) mass is 499 g/mol. The zero-order chi connectivity index (χ0) is 25.6. The van der Waals surface area contributed by atoms with Gasteiger partial charge in [-0.25, -0.2) is 9.18 Å². The molecule has 2 heterocycles. The van der Waals surface area contributed by atoms with Gasteiger partial charge in [0.1, 0.15) is 18.0 Å². The lowest BCUT2D eigenvalue weighted by Crippen LogP contribution is -2.40. The van der Waals surface area contributed by atoms with Crippen molar-refractivity contribution >= 4 is 14.3 Å². The molecule has 0 saturated carbocycles. The van der Waals surface area contributed by atoms with Crippen LogP contribution in [0.1, 0.15) is 53.9 Å². The number of carbonyl (C=O) groups is 1. The molecule has 2 aromatic heterocycles. The Bertz CT molecular complexity index is 1140. The molecule has 3 aromatic rings. The Kier molecular flexibility index (Phi) is 8.52. The minimum atomic E-state index is -1.97. The fraction of sp³-hybridized carbons (Fsp3) is 0.440. The fourth-order valence-electron chi connectivity index (χ4n) is 3.16. The van der Waals surface area contributed by atoms with Gasteiger partial charge >= 0.3 is 5.97 Å². The van der Waals surface area contributed by atoms with E-state index in [1.165, 1.54) is 19.2 Å². The van der Waals surface area contributed by atoms with Crippen molar-refractivity contribution in [1.82, 2.24) is 25.1 Å². The van der Waals surface area contributed by atoms with Gasteiger partial charge in [-0.05, 0) is 48.0 Å². The summed E-state index contributed by atoms with van der Waals surface area (Å²) in [6.45, 7) is 12.6. The molecular formula is C25H34FN5O3Si. The van der Waals surface area contributed by atoms with Gasteiger partial charge < -0.3 is 19.0 Å². The zero-order valence-corrected chi connectivity index (χ0v) is 22.3. The Balaban J connectivity index is 1.68. The number of nitrogens with one attached hydrogen (secondary N) is 1. The van der Waals surface area contributed by atoms with Crippen LogP contribution < -0.4 is 5.32 Å². The van der Waals surface area contributed by atoms with Gasteiger partial charge in [0.15, 0.2) is 8.32 Å². The first kappa shape index (κ1) is 26.6. The van der Waals surface area contributed by atoms with Gasteiger partial charge in [0.25, 0.3) is 0 Å². The average Bonchev–Trinajstić information content (AvgIpc) is 3.24. The van der Waals surface area contributed by atoms with Crippen molar-refractivity contribution < 1.29 is 18.3 Å². The maximum atomic E-state index is 13.2. The Hall–Kier alpha value is -2.95. The minimum Gasteiger partial charge on any atom is -0.465 e. The van der Waals surface area contributed by atoms with Crippen molar-refractivity contribution in [1.29, 1.82) is 0 Å². The molecule has 0 spiro atoms. The number of esters is 1. The molecule has 0 aliphatic carbocycles. The highest BCUT2D eigenvalue weighted by Crippen LogP contribution is 2.37. The summed E-state index contributed by atoms with van der Waals surface area (Å²) in [4.78, 5) is 16.9. The van der Waals surface area contributed by atoms with Gasteiger partial charge in [0.2, 0.25) is 0 Å². The Morgan fingerprint density at radius 2 is 1.80 bits per heavy atom. The van der Waals surface area contributed by atoms with Gasteiger partial charge in [-0.2, -0.15) is 0 Å². The molecule has 0 bridgehead atoms. The Labute approximate surface area is 207 Å². The van der Waals surface area contributed by atoms with Crippen LogP contribution in [0, 0.1) is 5.82 Å². The second kappa shape index (κ2) is 11.2. The first-order chi connectivity index (χ1) is 16.5. The van der Waals surface area contributed by atoms with E-state index in [9.17, 15) is 9.18 Å². The third-order valence-corrected chi connectivity index (χ3v) is 10.8. The van der Waals surface area contributed by atoms with E-state index in [-0.39, 0.29) is 10.9 Å². The number of hydrogen-bond donors (Lipinski definition) is 1. The maximum Gasteiger partial charge on any atom is 0.337 e. The van der Waals surface area contributed by atoms with Crippen LogP contribution in [0.2, 0.25) is 18.1 Å². The van der Waals surface area contributed by atoms with E-state index >= 15 is 0 Å². The summed E-state index contributed by atoms with van der Waals surface area (Å²) >= 11 is 0. The van der Waals surface area contributed by atoms with Crippen LogP contribution in [0.25, 0.3) is 0 Å². The summed E-state index contributed by atoms with van der Waals surface area (Å²) in [6, 6.07) is 9.79. The van der Waals surface area contributed by atoms with E-state index in [2.05, 4.69) is 49.4 Å². The number of hydrogen-bond acceptors (Lipinski definition) is 7. The number of aromatic nitrogens is 4. The molecule has 35 heavy (non-hydrogen) atoms. The van der Waals surface area contributed by atoms with Crippen LogP contribution in [0.4, 0.5) is 4.39 Å². The van der Waals surface area contributed by atoms with Crippen molar-refractivity contribution in [2.24, 2.45) is 0 Å². The van der Waals surface area contributed by atoms with Gasteiger partial charge in [-0.15, -0.1) is 10.2 Å². The summed E-state index contributed by atoms with van der Waals surface area (Å²) in [6.07, 6.45) is 1.65. The second-order valence-corrected chi connectivity index (χ2v) is 14.8. The Morgan fingerprint density at radius 1 is 1.11 bits per heavy atom. The molecule has 0 atom stereocenters. The van der Waals surface area contributed by atoms with Crippen LogP contribution in [0.5, 0.6) is 0 Å². The number of rotatable bonds is 10. The fourth-order valence-corrected chi connectivity index (χ4v) is 4.10. The SMILES string of the molecule is COC(=O)c1cc(CNCc2nncn2Cc2ccc(F)cc2)nc(CO[Si](C)(C)C(C)(C)C)c1. The molecule has 8 nitrogen and oxygen atoms in total. The molecule has 0 unspecified atom stereocenters. The molecule has 10 heteroatoms. The lowest BCUT2D eigenvalue weighted by atomic mass is 10.2. The summed E-state index contributed by atoms with van der Waals surface area (Å²) in [7, 11) is -0.611. The van der Waals surface area contributed by atoms with E-state index in [1.807, 2.05) is 4.57 Å². The lowest BCUT2D eigenvalue weighted by molar-refractivity contribution is 0.0600. The molecule has 0 aliphatic heterocycles. The van der Waals surface area contributed by atoms with Crippen molar-refractivity contribution in [3.8, 4) is 0 Å². The van der Waals surface area contributed by atoms with Crippen molar-refractivity contribution in [3.63, 3.8) is 0 Å². The largest absolute Gasteiger partial charge is 0.465 e. The number of halogens is 1. The number of carbonyl (C=O) groups excluding carboxylic acids is 1. The van der Waals surface area contributed by atoms with Crippen LogP contribution >= 0.6 is 0 Å². The first-order valence-corrected chi connectivity index (χ1v) is 14.4. The number of pyridine rings is 1. The minimum absolute atomic E-state index is 0.0706. The van der Waals surface area contributed by atoms with E-state index in [1.54, 1.807) is 30.6 Å². The quantitative estimate of drug-likeness (QED) is 0.325. The molecule has 1 aromatic carbocycles. The predicted octanol–water partition coefficient (Wildman–Crippen LogP) is 4.46.